The average Bonchev–Trinajstić information content (AvgIpc) is 2.73. The van der Waals surface area contributed by atoms with E-state index in [1.54, 1.807) is 0 Å². The molecule has 1 unspecified atom stereocenters. The minimum absolute atomic E-state index is 0.00520. The highest BCUT2D eigenvalue weighted by Crippen LogP contribution is 2.40. The highest BCUT2D eigenvalue weighted by molar-refractivity contribution is 6.30. The molecule has 2 heterocycles. The molecule has 35 heavy (non-hydrogen) atoms. The lowest BCUT2D eigenvalue weighted by atomic mass is 9.91. The number of benzene rings is 1. The van der Waals surface area contributed by atoms with Crippen LogP contribution in [0.25, 0.3) is 11.1 Å². The average molecular weight is 516 g/mol. The largest absolute Gasteiger partial charge is 0.491 e. The molecular formula is C25H29ClF3NO5. The van der Waals surface area contributed by atoms with Gasteiger partial charge in [-0.25, -0.2) is 4.79 Å². The van der Waals surface area contributed by atoms with Gasteiger partial charge in [0.1, 0.15) is 18.4 Å². The second-order valence-electron chi connectivity index (χ2n) is 9.35. The number of hydrogen-bond donors (Lipinski definition) is 1. The van der Waals surface area contributed by atoms with Gasteiger partial charge in [0.25, 0.3) is 5.56 Å². The summed E-state index contributed by atoms with van der Waals surface area (Å²) in [4.78, 5) is 25.0. The summed E-state index contributed by atoms with van der Waals surface area (Å²) >= 11 is 6.10. The molecule has 6 nitrogen and oxygen atoms in total. The van der Waals surface area contributed by atoms with Gasteiger partial charge in [0.2, 0.25) is 0 Å². The zero-order valence-corrected chi connectivity index (χ0v) is 20.6. The van der Waals surface area contributed by atoms with Gasteiger partial charge in [0, 0.05) is 29.7 Å². The molecule has 1 N–H and O–H groups in total. The van der Waals surface area contributed by atoms with Gasteiger partial charge in [0.15, 0.2) is 0 Å². The number of carboxylic acids is 1. The van der Waals surface area contributed by atoms with Gasteiger partial charge >= 0.3 is 12.1 Å². The van der Waals surface area contributed by atoms with Crippen molar-refractivity contribution in [2.45, 2.75) is 64.3 Å². The first-order valence-corrected chi connectivity index (χ1v) is 11.8. The minimum Gasteiger partial charge on any atom is -0.491 e. The number of aromatic nitrogens is 1. The number of carbonyl (C=O) groups is 1. The lowest BCUT2D eigenvalue weighted by molar-refractivity contribution is -0.181. The predicted octanol–water partition coefficient (Wildman–Crippen LogP) is 5.89. The fraction of sp³-hybridized carbons (Fsp3) is 0.520. The quantitative estimate of drug-likeness (QED) is 0.474. The summed E-state index contributed by atoms with van der Waals surface area (Å²) < 4.78 is 53.2. The van der Waals surface area contributed by atoms with E-state index in [2.05, 4.69) is 0 Å². The summed E-state index contributed by atoms with van der Waals surface area (Å²) in [6.07, 6.45) is -2.00. The van der Waals surface area contributed by atoms with Crippen LogP contribution in [0, 0.1) is 5.92 Å². The minimum atomic E-state index is -4.50. The molecule has 2 atom stereocenters. The van der Waals surface area contributed by atoms with E-state index in [4.69, 9.17) is 21.1 Å². The monoisotopic (exact) mass is 515 g/mol. The molecule has 0 aliphatic carbocycles. The number of carboxylic acid groups (broad SMARTS) is 1. The maximum atomic E-state index is 13.6. The molecule has 0 radical (unpaired) electrons. The van der Waals surface area contributed by atoms with Crippen molar-refractivity contribution in [3.8, 4) is 16.9 Å². The SMILES string of the molecule is CCCC(C)(C)OCCC(C(=O)O)n1cc2c(cc1=O)-c1cc(Cl)ccc1C[C@@H](C(F)(F)F)CO2. The Kier molecular flexibility index (Phi) is 8.21. The maximum absolute atomic E-state index is 13.6. The zero-order valence-electron chi connectivity index (χ0n) is 19.8. The summed E-state index contributed by atoms with van der Waals surface area (Å²) in [5.74, 6) is -3.05. The Morgan fingerprint density at radius 2 is 2.00 bits per heavy atom. The van der Waals surface area contributed by atoms with Crippen molar-refractivity contribution in [3.05, 3.63) is 51.4 Å². The van der Waals surface area contributed by atoms with Crippen LogP contribution in [0.2, 0.25) is 5.02 Å². The van der Waals surface area contributed by atoms with Crippen LogP contribution in [0.5, 0.6) is 5.75 Å². The summed E-state index contributed by atoms with van der Waals surface area (Å²) in [5.41, 5.74) is -0.0738. The van der Waals surface area contributed by atoms with Crippen LogP contribution < -0.4 is 10.3 Å². The summed E-state index contributed by atoms with van der Waals surface area (Å²) in [6, 6.07) is 4.40. The van der Waals surface area contributed by atoms with Gasteiger partial charge in [-0.05, 0) is 49.9 Å². The van der Waals surface area contributed by atoms with E-state index in [0.717, 1.165) is 17.4 Å². The normalized spacial score (nSPS) is 16.9. The third-order valence-electron chi connectivity index (χ3n) is 6.13. The molecule has 1 aliphatic heterocycles. The molecule has 192 valence electrons. The summed E-state index contributed by atoms with van der Waals surface area (Å²) in [7, 11) is 0. The topological polar surface area (TPSA) is 77.8 Å². The van der Waals surface area contributed by atoms with Crippen LogP contribution in [0.15, 0.2) is 35.3 Å². The van der Waals surface area contributed by atoms with E-state index in [1.165, 1.54) is 30.5 Å². The standard InChI is InChI=1S/C25H29ClF3NO5/c1-4-8-24(2,3)35-9-7-20(23(32)33)30-13-21-19(12-22(30)31)18-11-17(26)6-5-15(18)10-16(14-34-21)25(27,28)29/h5-6,11-13,16,20H,4,7-10,14H2,1-3H3,(H,32,33)/t16-,20?/m1/s1. The predicted molar refractivity (Wildman–Crippen MR) is 126 cm³/mol. The summed E-state index contributed by atoms with van der Waals surface area (Å²) in [6.45, 7) is 5.23. The first-order chi connectivity index (χ1) is 16.3. The molecule has 0 amide bonds. The zero-order chi connectivity index (χ0) is 26.0. The first-order valence-electron chi connectivity index (χ1n) is 11.4. The van der Waals surface area contributed by atoms with E-state index in [1.807, 2.05) is 20.8 Å². The molecule has 0 saturated carbocycles. The number of aliphatic carboxylic acids is 1. The van der Waals surface area contributed by atoms with Crippen LogP contribution in [0.3, 0.4) is 0 Å². The van der Waals surface area contributed by atoms with E-state index < -0.39 is 41.9 Å². The second kappa shape index (κ2) is 10.6. The van der Waals surface area contributed by atoms with Gasteiger partial charge in [-0.3, -0.25) is 9.36 Å². The number of ether oxygens (including phenoxy) is 2. The second-order valence-corrected chi connectivity index (χ2v) is 9.79. The summed E-state index contributed by atoms with van der Waals surface area (Å²) in [5, 5.41) is 10.1. The molecule has 1 aromatic heterocycles. The van der Waals surface area contributed by atoms with Gasteiger partial charge in [0.05, 0.1) is 17.7 Å². The van der Waals surface area contributed by atoms with E-state index in [9.17, 15) is 27.9 Å². The smallest absolute Gasteiger partial charge is 0.395 e. The van der Waals surface area contributed by atoms with Crippen LogP contribution in [0.1, 0.15) is 51.6 Å². The molecule has 2 aromatic rings. The Hall–Kier alpha value is -2.52. The van der Waals surface area contributed by atoms with Crippen molar-refractivity contribution in [3.63, 3.8) is 0 Å². The fourth-order valence-electron chi connectivity index (χ4n) is 4.30. The molecular weight excluding hydrogens is 487 g/mol. The number of nitrogens with zero attached hydrogens (tertiary/aromatic N) is 1. The van der Waals surface area contributed by atoms with Crippen molar-refractivity contribution in [1.29, 1.82) is 0 Å². The molecule has 0 bridgehead atoms. The number of rotatable bonds is 8. The van der Waals surface area contributed by atoms with Crippen LogP contribution in [-0.2, 0) is 16.0 Å². The van der Waals surface area contributed by atoms with Crippen molar-refractivity contribution in [1.82, 2.24) is 4.57 Å². The van der Waals surface area contributed by atoms with Crippen LogP contribution in [0.4, 0.5) is 13.2 Å². The molecule has 10 heteroatoms. The van der Waals surface area contributed by atoms with Crippen LogP contribution in [-0.4, -0.2) is 40.6 Å². The molecule has 0 fully saturated rings. The fourth-order valence-corrected chi connectivity index (χ4v) is 4.47. The Morgan fingerprint density at radius 3 is 2.63 bits per heavy atom. The molecule has 0 saturated heterocycles. The lowest BCUT2D eigenvalue weighted by Crippen LogP contribution is -2.34. The Morgan fingerprint density at radius 1 is 1.29 bits per heavy atom. The van der Waals surface area contributed by atoms with Gasteiger partial charge in [-0.1, -0.05) is 31.0 Å². The Bertz CT molecular complexity index is 1130. The van der Waals surface area contributed by atoms with E-state index >= 15 is 0 Å². The highest BCUT2D eigenvalue weighted by atomic mass is 35.5. The van der Waals surface area contributed by atoms with Crippen molar-refractivity contribution >= 4 is 17.6 Å². The maximum Gasteiger partial charge on any atom is 0.395 e. The van der Waals surface area contributed by atoms with Gasteiger partial charge in [-0.15, -0.1) is 0 Å². The van der Waals surface area contributed by atoms with E-state index in [-0.39, 0.29) is 30.8 Å². The number of alkyl halides is 3. The number of pyridine rings is 1. The Balaban J connectivity index is 2.01. The van der Waals surface area contributed by atoms with Crippen molar-refractivity contribution < 1.29 is 32.5 Å². The number of fused-ring (bicyclic) bond motifs is 3. The first kappa shape index (κ1) is 27.1. The number of halogens is 4. The molecule has 1 aromatic carbocycles. The number of hydrogen-bond acceptors (Lipinski definition) is 4. The molecule has 1 aliphatic rings. The molecule has 0 spiro atoms. The highest BCUT2D eigenvalue weighted by Gasteiger charge is 2.41. The third-order valence-corrected chi connectivity index (χ3v) is 6.37. The van der Waals surface area contributed by atoms with Crippen molar-refractivity contribution in [2.24, 2.45) is 5.92 Å². The van der Waals surface area contributed by atoms with E-state index in [0.29, 0.717) is 16.1 Å². The third kappa shape index (κ3) is 6.58. The molecule has 3 rings (SSSR count). The van der Waals surface area contributed by atoms with Crippen molar-refractivity contribution in [2.75, 3.05) is 13.2 Å². The van der Waals surface area contributed by atoms with Gasteiger partial charge < -0.3 is 14.6 Å². The lowest BCUT2D eigenvalue weighted by Gasteiger charge is -2.28. The van der Waals surface area contributed by atoms with Gasteiger partial charge in [-0.2, -0.15) is 13.2 Å². The Labute approximate surface area is 206 Å². The van der Waals surface area contributed by atoms with Crippen LogP contribution >= 0.6 is 11.6 Å².